The Balaban J connectivity index is 2.03. The predicted octanol–water partition coefficient (Wildman–Crippen LogP) is 2.79. The molecule has 1 aromatic carbocycles. The highest BCUT2D eigenvalue weighted by Crippen LogP contribution is 2.24. The van der Waals surface area contributed by atoms with Crippen molar-refractivity contribution >= 4 is 21.6 Å². The van der Waals surface area contributed by atoms with Crippen LogP contribution in [0.15, 0.2) is 29.2 Å². The van der Waals surface area contributed by atoms with Gasteiger partial charge in [0.15, 0.2) is 9.84 Å². The minimum absolute atomic E-state index is 0.136. The molecule has 5 nitrogen and oxygen atoms in total. The number of rotatable bonds is 3. The monoisotopic (exact) mass is 310 g/mol. The van der Waals surface area contributed by atoms with Gasteiger partial charge in [-0.1, -0.05) is 31.9 Å². The minimum atomic E-state index is -3.36. The van der Waals surface area contributed by atoms with Crippen LogP contribution >= 0.6 is 0 Å². The number of carbonyl (C=O) groups excluding carboxylic acids is 1. The average Bonchev–Trinajstić information content (AvgIpc) is 2.37. The van der Waals surface area contributed by atoms with E-state index in [9.17, 15) is 13.2 Å². The van der Waals surface area contributed by atoms with Gasteiger partial charge in [-0.05, 0) is 30.9 Å². The van der Waals surface area contributed by atoms with Crippen molar-refractivity contribution in [1.29, 1.82) is 0 Å². The van der Waals surface area contributed by atoms with Crippen molar-refractivity contribution in [3.63, 3.8) is 0 Å². The summed E-state index contributed by atoms with van der Waals surface area (Å²) in [6.45, 7) is 2.19. The zero-order valence-electron chi connectivity index (χ0n) is 12.4. The van der Waals surface area contributed by atoms with E-state index in [1.807, 2.05) is 0 Å². The Bertz CT molecular complexity index is 613. The van der Waals surface area contributed by atoms with Crippen molar-refractivity contribution in [2.75, 3.05) is 11.6 Å². The van der Waals surface area contributed by atoms with Crippen molar-refractivity contribution in [1.82, 2.24) is 5.32 Å². The van der Waals surface area contributed by atoms with Crippen LogP contribution in [0.1, 0.15) is 32.6 Å². The number of benzene rings is 1. The van der Waals surface area contributed by atoms with Gasteiger partial charge in [0, 0.05) is 12.3 Å². The molecule has 1 aromatic rings. The van der Waals surface area contributed by atoms with Gasteiger partial charge in [0.05, 0.1) is 10.6 Å². The van der Waals surface area contributed by atoms with E-state index in [1.165, 1.54) is 12.5 Å². The van der Waals surface area contributed by atoms with Crippen LogP contribution in [-0.2, 0) is 9.84 Å². The van der Waals surface area contributed by atoms with Crippen molar-refractivity contribution in [2.24, 2.45) is 5.92 Å². The largest absolute Gasteiger partial charge is 0.335 e. The predicted molar refractivity (Wildman–Crippen MR) is 83.1 cm³/mol. The fourth-order valence-electron chi connectivity index (χ4n) is 2.80. The van der Waals surface area contributed by atoms with Crippen molar-refractivity contribution in [3.8, 4) is 0 Å². The lowest BCUT2D eigenvalue weighted by atomic mass is 9.87. The maximum atomic E-state index is 12.0. The Morgan fingerprint density at radius 3 is 2.62 bits per heavy atom. The molecule has 116 valence electrons. The van der Waals surface area contributed by atoms with E-state index >= 15 is 0 Å². The van der Waals surface area contributed by atoms with Gasteiger partial charge in [0.1, 0.15) is 0 Å². The van der Waals surface area contributed by atoms with Crippen LogP contribution in [0.25, 0.3) is 0 Å². The molecular formula is C15H22N2O3S. The number of amides is 2. The van der Waals surface area contributed by atoms with E-state index in [2.05, 4.69) is 17.6 Å². The number of hydrogen-bond donors (Lipinski definition) is 2. The standard InChI is InChI=1S/C15H22N2O3S/c1-11-6-5-7-12(10-11)16-15(18)17-13-8-3-4-9-14(13)21(2,19)20/h3-4,8-9,11-12H,5-7,10H2,1-2H3,(H2,16,17,18)/t11-,12+/m0/s1. The lowest BCUT2D eigenvalue weighted by molar-refractivity contribution is 0.238. The Kier molecular flexibility index (Phi) is 4.88. The summed E-state index contributed by atoms with van der Waals surface area (Å²) in [6, 6.07) is 6.26. The van der Waals surface area contributed by atoms with Gasteiger partial charge in [-0.3, -0.25) is 0 Å². The third-order valence-electron chi connectivity index (χ3n) is 3.81. The maximum absolute atomic E-state index is 12.0. The average molecular weight is 310 g/mol. The second-order valence-electron chi connectivity index (χ2n) is 5.84. The van der Waals surface area contributed by atoms with Gasteiger partial charge >= 0.3 is 6.03 Å². The Morgan fingerprint density at radius 1 is 1.24 bits per heavy atom. The molecule has 0 aromatic heterocycles. The van der Waals surface area contributed by atoms with Crippen LogP contribution in [-0.4, -0.2) is 26.7 Å². The van der Waals surface area contributed by atoms with Gasteiger partial charge in [-0.15, -0.1) is 0 Å². The van der Waals surface area contributed by atoms with E-state index in [0.717, 1.165) is 25.5 Å². The summed E-state index contributed by atoms with van der Waals surface area (Å²) in [5.41, 5.74) is 0.321. The van der Waals surface area contributed by atoms with E-state index in [0.29, 0.717) is 11.6 Å². The quantitative estimate of drug-likeness (QED) is 0.901. The molecular weight excluding hydrogens is 288 g/mol. The lowest BCUT2D eigenvalue weighted by Crippen LogP contribution is -2.40. The highest BCUT2D eigenvalue weighted by Gasteiger charge is 2.21. The van der Waals surface area contributed by atoms with Crippen LogP contribution in [0.5, 0.6) is 0 Å². The zero-order chi connectivity index (χ0) is 15.5. The number of carbonyl (C=O) groups is 1. The molecule has 0 bridgehead atoms. The Morgan fingerprint density at radius 2 is 1.95 bits per heavy atom. The minimum Gasteiger partial charge on any atom is -0.335 e. The molecule has 2 N–H and O–H groups in total. The molecule has 1 saturated carbocycles. The third-order valence-corrected chi connectivity index (χ3v) is 4.96. The number of hydrogen-bond acceptors (Lipinski definition) is 3. The first-order valence-electron chi connectivity index (χ1n) is 7.23. The van der Waals surface area contributed by atoms with E-state index < -0.39 is 9.84 Å². The van der Waals surface area contributed by atoms with E-state index in [4.69, 9.17) is 0 Å². The highest BCUT2D eigenvalue weighted by atomic mass is 32.2. The summed E-state index contributed by atoms with van der Waals surface area (Å²) >= 11 is 0. The van der Waals surface area contributed by atoms with E-state index in [1.54, 1.807) is 18.2 Å². The van der Waals surface area contributed by atoms with Gasteiger partial charge in [-0.2, -0.15) is 0 Å². The van der Waals surface area contributed by atoms with Gasteiger partial charge in [-0.25, -0.2) is 13.2 Å². The first-order chi connectivity index (χ1) is 9.86. The number of para-hydroxylation sites is 1. The fourth-order valence-corrected chi connectivity index (χ4v) is 3.65. The molecule has 0 unspecified atom stereocenters. The fraction of sp³-hybridized carbons (Fsp3) is 0.533. The zero-order valence-corrected chi connectivity index (χ0v) is 13.2. The summed E-state index contributed by atoms with van der Waals surface area (Å²) in [4.78, 5) is 12.2. The summed E-state index contributed by atoms with van der Waals surface area (Å²) in [5.74, 6) is 0.618. The van der Waals surface area contributed by atoms with Crippen molar-refractivity contribution in [2.45, 2.75) is 43.5 Å². The third kappa shape index (κ3) is 4.46. The Labute approximate surface area is 126 Å². The molecule has 2 rings (SSSR count). The molecule has 0 heterocycles. The van der Waals surface area contributed by atoms with Crippen LogP contribution in [0.2, 0.25) is 0 Å². The smallest absolute Gasteiger partial charge is 0.319 e. The van der Waals surface area contributed by atoms with Crippen LogP contribution in [0, 0.1) is 5.92 Å². The number of sulfone groups is 1. The summed E-state index contributed by atoms with van der Waals surface area (Å²) in [5, 5.41) is 5.58. The van der Waals surface area contributed by atoms with Crippen LogP contribution < -0.4 is 10.6 Å². The first-order valence-corrected chi connectivity index (χ1v) is 9.12. The second kappa shape index (κ2) is 6.47. The molecule has 2 atom stereocenters. The molecule has 21 heavy (non-hydrogen) atoms. The van der Waals surface area contributed by atoms with Gasteiger partial charge in [0.25, 0.3) is 0 Å². The van der Waals surface area contributed by atoms with Gasteiger partial charge in [0.2, 0.25) is 0 Å². The van der Waals surface area contributed by atoms with Crippen molar-refractivity contribution in [3.05, 3.63) is 24.3 Å². The molecule has 0 radical (unpaired) electrons. The maximum Gasteiger partial charge on any atom is 0.319 e. The lowest BCUT2D eigenvalue weighted by Gasteiger charge is -2.27. The number of urea groups is 1. The normalized spacial score (nSPS) is 22.6. The molecule has 2 amide bonds. The molecule has 0 aliphatic heterocycles. The molecule has 0 spiro atoms. The van der Waals surface area contributed by atoms with Crippen LogP contribution in [0.3, 0.4) is 0 Å². The topological polar surface area (TPSA) is 75.3 Å². The first kappa shape index (κ1) is 15.8. The molecule has 1 fully saturated rings. The number of anilines is 1. The molecule has 1 aliphatic carbocycles. The van der Waals surface area contributed by atoms with Crippen LogP contribution in [0.4, 0.5) is 10.5 Å². The second-order valence-corrected chi connectivity index (χ2v) is 7.82. The highest BCUT2D eigenvalue weighted by molar-refractivity contribution is 7.90. The Hall–Kier alpha value is -1.56. The molecule has 0 saturated heterocycles. The van der Waals surface area contributed by atoms with Crippen molar-refractivity contribution < 1.29 is 13.2 Å². The SMILES string of the molecule is C[C@H]1CCC[C@@H](NC(=O)Nc2ccccc2S(C)(=O)=O)C1. The van der Waals surface area contributed by atoms with Gasteiger partial charge < -0.3 is 10.6 Å². The summed E-state index contributed by atoms with van der Waals surface area (Å²) < 4.78 is 23.4. The summed E-state index contributed by atoms with van der Waals surface area (Å²) in [7, 11) is -3.36. The molecule has 6 heteroatoms. The molecule has 1 aliphatic rings. The van der Waals surface area contributed by atoms with E-state index in [-0.39, 0.29) is 17.0 Å². The number of nitrogens with one attached hydrogen (secondary N) is 2. The summed E-state index contributed by atoms with van der Waals surface area (Å²) in [6.07, 6.45) is 5.41.